The van der Waals surface area contributed by atoms with E-state index in [2.05, 4.69) is 89.7 Å². The Hall–Kier alpha value is -0.840. The summed E-state index contributed by atoms with van der Waals surface area (Å²) in [5.41, 5.74) is 4.10. The summed E-state index contributed by atoms with van der Waals surface area (Å²) in [5, 5.41) is 5.77. The van der Waals surface area contributed by atoms with Gasteiger partial charge in [-0.05, 0) is 65.3 Å². The highest BCUT2D eigenvalue weighted by Gasteiger charge is 2.12. The van der Waals surface area contributed by atoms with Gasteiger partial charge in [0.2, 0.25) is 0 Å². The van der Waals surface area contributed by atoms with E-state index >= 15 is 0 Å². The summed E-state index contributed by atoms with van der Waals surface area (Å²) in [6.07, 6.45) is 0. The molecule has 4 heteroatoms. The summed E-state index contributed by atoms with van der Waals surface area (Å²) in [4.78, 5) is 2.31. The molecular formula is C17H23BrN2S. The predicted molar refractivity (Wildman–Crippen MR) is 97.2 cm³/mol. The van der Waals surface area contributed by atoms with Crippen molar-refractivity contribution in [2.45, 2.75) is 39.4 Å². The Morgan fingerprint density at radius 3 is 2.57 bits per heavy atom. The predicted octanol–water partition coefficient (Wildman–Crippen LogP) is 5.04. The van der Waals surface area contributed by atoms with Gasteiger partial charge in [0.15, 0.2) is 0 Å². The summed E-state index contributed by atoms with van der Waals surface area (Å²) in [6.45, 7) is 8.40. The summed E-state index contributed by atoms with van der Waals surface area (Å²) in [6, 6.07) is 10.8. The van der Waals surface area contributed by atoms with E-state index in [0.29, 0.717) is 0 Å². The largest absolute Gasteiger partial charge is 0.370 e. The normalized spacial score (nSPS) is 11.7. The van der Waals surface area contributed by atoms with Crippen molar-refractivity contribution in [1.29, 1.82) is 0 Å². The van der Waals surface area contributed by atoms with Crippen molar-refractivity contribution in [3.63, 3.8) is 0 Å². The SMILES string of the molecule is CN(Cc1csc(Br)c1)c1ccccc1CNC(C)(C)C. The Labute approximate surface area is 140 Å². The van der Waals surface area contributed by atoms with Crippen molar-refractivity contribution in [3.05, 3.63) is 50.6 Å². The first kappa shape index (κ1) is 16.5. The van der Waals surface area contributed by atoms with Crippen molar-refractivity contribution in [3.8, 4) is 0 Å². The smallest absolute Gasteiger partial charge is 0.0701 e. The summed E-state index contributed by atoms with van der Waals surface area (Å²) in [5.74, 6) is 0. The molecule has 1 aromatic heterocycles. The second kappa shape index (κ2) is 6.95. The van der Waals surface area contributed by atoms with Crippen LogP contribution in [-0.2, 0) is 13.1 Å². The molecule has 2 aromatic rings. The van der Waals surface area contributed by atoms with Crippen LogP contribution in [0.3, 0.4) is 0 Å². The summed E-state index contributed by atoms with van der Waals surface area (Å²) in [7, 11) is 2.15. The fourth-order valence-electron chi connectivity index (χ4n) is 2.18. The lowest BCUT2D eigenvalue weighted by atomic mass is 10.1. The van der Waals surface area contributed by atoms with Gasteiger partial charge >= 0.3 is 0 Å². The van der Waals surface area contributed by atoms with Crippen LogP contribution in [0.2, 0.25) is 0 Å². The fourth-order valence-corrected chi connectivity index (χ4v) is 3.38. The van der Waals surface area contributed by atoms with E-state index in [0.717, 1.165) is 13.1 Å². The van der Waals surface area contributed by atoms with E-state index < -0.39 is 0 Å². The molecule has 0 fully saturated rings. The van der Waals surface area contributed by atoms with E-state index in [-0.39, 0.29) is 5.54 Å². The first-order chi connectivity index (χ1) is 9.85. The Kier molecular flexibility index (Phi) is 5.47. The van der Waals surface area contributed by atoms with Gasteiger partial charge in [-0.1, -0.05) is 18.2 Å². The molecule has 2 nitrogen and oxygen atoms in total. The zero-order valence-corrected chi connectivity index (χ0v) is 15.5. The van der Waals surface area contributed by atoms with E-state index in [4.69, 9.17) is 0 Å². The third kappa shape index (κ3) is 5.13. The van der Waals surface area contributed by atoms with Crippen molar-refractivity contribution in [1.82, 2.24) is 5.32 Å². The van der Waals surface area contributed by atoms with E-state index in [1.54, 1.807) is 11.3 Å². The van der Waals surface area contributed by atoms with Crippen LogP contribution in [0.4, 0.5) is 5.69 Å². The highest BCUT2D eigenvalue weighted by molar-refractivity contribution is 9.11. The molecular weight excluding hydrogens is 344 g/mol. The number of nitrogens with zero attached hydrogens (tertiary/aromatic N) is 1. The third-order valence-corrected chi connectivity index (χ3v) is 4.81. The summed E-state index contributed by atoms with van der Waals surface area (Å²) >= 11 is 5.27. The number of halogens is 1. The first-order valence-corrected chi connectivity index (χ1v) is 8.79. The molecule has 1 N–H and O–H groups in total. The number of nitrogens with one attached hydrogen (secondary N) is 1. The van der Waals surface area contributed by atoms with Crippen LogP contribution in [0.15, 0.2) is 39.5 Å². The van der Waals surface area contributed by atoms with Crippen LogP contribution in [0.1, 0.15) is 31.9 Å². The van der Waals surface area contributed by atoms with Crippen LogP contribution < -0.4 is 10.2 Å². The van der Waals surface area contributed by atoms with Gasteiger partial charge in [0.1, 0.15) is 0 Å². The minimum atomic E-state index is 0.129. The Balaban J connectivity index is 2.11. The van der Waals surface area contributed by atoms with Crippen molar-refractivity contribution >= 4 is 33.0 Å². The van der Waals surface area contributed by atoms with Gasteiger partial charge in [-0.2, -0.15) is 0 Å². The molecule has 0 saturated heterocycles. The lowest BCUT2D eigenvalue weighted by Gasteiger charge is -2.25. The standard InChI is InChI=1S/C17H23BrN2S/c1-17(2,3)19-10-14-7-5-6-8-15(14)20(4)11-13-9-16(18)21-12-13/h5-9,12,19H,10-11H2,1-4H3. The molecule has 21 heavy (non-hydrogen) atoms. The maximum Gasteiger partial charge on any atom is 0.0701 e. The molecule has 0 saturated carbocycles. The van der Waals surface area contributed by atoms with Crippen LogP contribution >= 0.6 is 27.3 Å². The number of hydrogen-bond acceptors (Lipinski definition) is 3. The van der Waals surface area contributed by atoms with E-state index in [9.17, 15) is 0 Å². The molecule has 0 bridgehead atoms. The fraction of sp³-hybridized carbons (Fsp3) is 0.412. The van der Waals surface area contributed by atoms with Gasteiger partial charge in [-0.25, -0.2) is 0 Å². The zero-order chi connectivity index (χ0) is 15.5. The molecule has 0 amide bonds. The molecule has 1 aromatic carbocycles. The molecule has 0 spiro atoms. The van der Waals surface area contributed by atoms with E-state index in [1.807, 2.05) is 0 Å². The van der Waals surface area contributed by atoms with Crippen molar-refractivity contribution < 1.29 is 0 Å². The average Bonchev–Trinajstić information content (AvgIpc) is 2.81. The van der Waals surface area contributed by atoms with Gasteiger partial charge in [0.05, 0.1) is 3.79 Å². The zero-order valence-electron chi connectivity index (χ0n) is 13.1. The van der Waals surface area contributed by atoms with Gasteiger partial charge in [-0.3, -0.25) is 0 Å². The number of hydrogen-bond donors (Lipinski definition) is 1. The third-order valence-electron chi connectivity index (χ3n) is 3.25. The topological polar surface area (TPSA) is 15.3 Å². The van der Waals surface area contributed by atoms with Crippen molar-refractivity contribution in [2.24, 2.45) is 0 Å². The molecule has 1 heterocycles. The number of thiophene rings is 1. The minimum absolute atomic E-state index is 0.129. The highest BCUT2D eigenvalue weighted by Crippen LogP contribution is 2.25. The minimum Gasteiger partial charge on any atom is -0.370 e. The summed E-state index contributed by atoms with van der Waals surface area (Å²) < 4.78 is 1.19. The van der Waals surface area contributed by atoms with E-state index in [1.165, 1.54) is 20.6 Å². The molecule has 0 aliphatic carbocycles. The Morgan fingerprint density at radius 1 is 1.24 bits per heavy atom. The van der Waals surface area contributed by atoms with Crippen molar-refractivity contribution in [2.75, 3.05) is 11.9 Å². The van der Waals surface area contributed by atoms with Gasteiger partial charge in [0.25, 0.3) is 0 Å². The quantitative estimate of drug-likeness (QED) is 0.797. The second-order valence-corrected chi connectivity index (χ2v) is 8.64. The maximum absolute atomic E-state index is 3.57. The molecule has 0 aliphatic heterocycles. The number of benzene rings is 1. The lowest BCUT2D eigenvalue weighted by molar-refractivity contribution is 0.424. The van der Waals surface area contributed by atoms with Gasteiger partial charge in [-0.15, -0.1) is 11.3 Å². The number of para-hydroxylation sites is 1. The Morgan fingerprint density at radius 2 is 1.95 bits per heavy atom. The maximum atomic E-state index is 3.57. The molecule has 0 atom stereocenters. The Bertz CT molecular complexity index is 586. The van der Waals surface area contributed by atoms with Crippen LogP contribution in [-0.4, -0.2) is 12.6 Å². The second-order valence-electron chi connectivity index (χ2n) is 6.35. The number of anilines is 1. The molecule has 0 radical (unpaired) electrons. The molecule has 0 aliphatic rings. The van der Waals surface area contributed by atoms with Gasteiger partial charge < -0.3 is 10.2 Å². The number of rotatable bonds is 5. The average molecular weight is 367 g/mol. The highest BCUT2D eigenvalue weighted by atomic mass is 79.9. The van der Waals surface area contributed by atoms with Crippen LogP contribution in [0, 0.1) is 0 Å². The monoisotopic (exact) mass is 366 g/mol. The molecule has 0 unspecified atom stereocenters. The van der Waals surface area contributed by atoms with Gasteiger partial charge in [0, 0.05) is 31.4 Å². The van der Waals surface area contributed by atoms with Crippen LogP contribution in [0.5, 0.6) is 0 Å². The molecule has 2 rings (SSSR count). The first-order valence-electron chi connectivity index (χ1n) is 7.12. The van der Waals surface area contributed by atoms with Crippen LogP contribution in [0.25, 0.3) is 0 Å². The molecule has 114 valence electrons. The lowest BCUT2D eigenvalue weighted by Crippen LogP contribution is -2.35.